The van der Waals surface area contributed by atoms with Gasteiger partial charge in [0.2, 0.25) is 11.8 Å². The van der Waals surface area contributed by atoms with Crippen LogP contribution in [0.3, 0.4) is 0 Å². The highest BCUT2D eigenvalue weighted by atomic mass is 16.5. The van der Waals surface area contributed by atoms with Crippen molar-refractivity contribution in [3.8, 4) is 5.88 Å². The summed E-state index contributed by atoms with van der Waals surface area (Å²) >= 11 is 0. The number of hydrogen-bond donors (Lipinski definition) is 2. The van der Waals surface area contributed by atoms with E-state index in [4.69, 9.17) is 4.74 Å². The first-order valence-corrected chi connectivity index (χ1v) is 6.97. The topological polar surface area (TPSA) is 96.5 Å². The fourth-order valence-corrected chi connectivity index (χ4v) is 2.75. The van der Waals surface area contributed by atoms with Crippen molar-refractivity contribution in [2.45, 2.75) is 25.3 Å². The third-order valence-electron chi connectivity index (χ3n) is 3.70. The Bertz CT molecular complexity index is 579. The third-order valence-corrected chi connectivity index (χ3v) is 3.70. The number of piperidine rings is 1. The number of aromatic nitrogens is 2. The van der Waals surface area contributed by atoms with Gasteiger partial charge in [0, 0.05) is 18.8 Å². The molecule has 0 saturated carbocycles. The molecule has 2 fully saturated rings. The summed E-state index contributed by atoms with van der Waals surface area (Å²) in [5.74, 6) is 0.731. The Morgan fingerprint density at radius 2 is 2.33 bits per heavy atom. The maximum Gasteiger partial charge on any atom is 0.322 e. The SMILES string of the molecule is CCOc1ccnc(N2CCCC3(C2)NC(=O)NC3=O)n1. The van der Waals surface area contributed by atoms with Crippen LogP contribution in [0, 0.1) is 0 Å². The quantitative estimate of drug-likeness (QED) is 0.764. The van der Waals surface area contributed by atoms with Gasteiger partial charge in [-0.15, -0.1) is 0 Å². The lowest BCUT2D eigenvalue weighted by Gasteiger charge is -2.37. The molecule has 3 amide bonds. The maximum atomic E-state index is 12.0. The molecule has 112 valence electrons. The molecule has 0 aliphatic carbocycles. The molecule has 0 radical (unpaired) electrons. The first-order chi connectivity index (χ1) is 10.1. The lowest BCUT2D eigenvalue weighted by atomic mass is 9.89. The zero-order valence-corrected chi connectivity index (χ0v) is 11.8. The average molecular weight is 291 g/mol. The smallest absolute Gasteiger partial charge is 0.322 e. The van der Waals surface area contributed by atoms with Crippen molar-refractivity contribution in [2.24, 2.45) is 0 Å². The van der Waals surface area contributed by atoms with Crippen LogP contribution < -0.4 is 20.3 Å². The Morgan fingerprint density at radius 3 is 3.05 bits per heavy atom. The third kappa shape index (κ3) is 2.48. The van der Waals surface area contributed by atoms with Crippen molar-refractivity contribution in [2.75, 3.05) is 24.6 Å². The number of carbonyl (C=O) groups is 2. The number of nitrogens with zero attached hydrogens (tertiary/aromatic N) is 3. The summed E-state index contributed by atoms with van der Waals surface area (Å²) in [7, 11) is 0. The molecule has 8 heteroatoms. The first-order valence-electron chi connectivity index (χ1n) is 6.97. The molecule has 1 atom stereocenters. The van der Waals surface area contributed by atoms with Gasteiger partial charge in [0.05, 0.1) is 13.2 Å². The van der Waals surface area contributed by atoms with Crippen molar-refractivity contribution in [3.05, 3.63) is 12.3 Å². The van der Waals surface area contributed by atoms with Crippen LogP contribution in [0.5, 0.6) is 5.88 Å². The van der Waals surface area contributed by atoms with E-state index in [0.717, 1.165) is 13.0 Å². The van der Waals surface area contributed by atoms with Crippen LogP contribution in [0.15, 0.2) is 12.3 Å². The first kappa shape index (κ1) is 13.6. The second-order valence-electron chi connectivity index (χ2n) is 5.14. The summed E-state index contributed by atoms with van der Waals surface area (Å²) in [6, 6.07) is 1.25. The monoisotopic (exact) mass is 291 g/mol. The lowest BCUT2D eigenvalue weighted by molar-refractivity contribution is -0.124. The fraction of sp³-hybridized carbons (Fsp3) is 0.538. The van der Waals surface area contributed by atoms with Gasteiger partial charge in [-0.1, -0.05) is 0 Å². The predicted octanol–water partition coefficient (Wildman–Crippen LogP) is 0.0537. The molecule has 2 N–H and O–H groups in total. The summed E-state index contributed by atoms with van der Waals surface area (Å²) in [5, 5.41) is 5.03. The summed E-state index contributed by atoms with van der Waals surface area (Å²) in [5.41, 5.74) is -0.875. The van der Waals surface area contributed by atoms with E-state index in [2.05, 4.69) is 20.6 Å². The van der Waals surface area contributed by atoms with Crippen molar-refractivity contribution >= 4 is 17.9 Å². The van der Waals surface area contributed by atoms with Crippen LogP contribution in [0.25, 0.3) is 0 Å². The molecular formula is C13H17N5O3. The summed E-state index contributed by atoms with van der Waals surface area (Å²) < 4.78 is 5.37. The number of ether oxygens (including phenoxy) is 1. The minimum atomic E-state index is -0.875. The highest BCUT2D eigenvalue weighted by Gasteiger charge is 2.49. The van der Waals surface area contributed by atoms with Crippen molar-refractivity contribution in [1.29, 1.82) is 0 Å². The van der Waals surface area contributed by atoms with Crippen LogP contribution >= 0.6 is 0 Å². The number of carbonyl (C=O) groups excluding carboxylic acids is 2. The van der Waals surface area contributed by atoms with E-state index < -0.39 is 11.6 Å². The molecule has 1 spiro atoms. The highest BCUT2D eigenvalue weighted by Crippen LogP contribution is 2.27. The number of hydrogen-bond acceptors (Lipinski definition) is 6. The molecule has 1 unspecified atom stereocenters. The molecular weight excluding hydrogens is 274 g/mol. The van der Waals surface area contributed by atoms with Gasteiger partial charge in [0.25, 0.3) is 5.91 Å². The zero-order valence-electron chi connectivity index (χ0n) is 11.8. The van der Waals surface area contributed by atoms with Crippen LogP contribution in [0.2, 0.25) is 0 Å². The van der Waals surface area contributed by atoms with Gasteiger partial charge >= 0.3 is 6.03 Å². The number of rotatable bonds is 3. The van der Waals surface area contributed by atoms with Gasteiger partial charge < -0.3 is 15.0 Å². The standard InChI is InChI=1S/C13H17N5O3/c1-2-21-9-4-6-14-11(15-9)18-7-3-5-13(8-18)10(19)16-12(20)17-13/h4,6H,2-3,5,7-8H2,1H3,(H2,16,17,19,20). The van der Waals surface area contributed by atoms with Gasteiger partial charge in [0.15, 0.2) is 0 Å². The van der Waals surface area contributed by atoms with Crippen LogP contribution in [-0.4, -0.2) is 47.1 Å². The summed E-state index contributed by atoms with van der Waals surface area (Å²) in [4.78, 5) is 33.9. The maximum absolute atomic E-state index is 12.0. The van der Waals surface area contributed by atoms with Gasteiger partial charge in [-0.05, 0) is 19.8 Å². The predicted molar refractivity (Wildman–Crippen MR) is 74.1 cm³/mol. The normalized spacial score (nSPS) is 24.9. The second-order valence-corrected chi connectivity index (χ2v) is 5.14. The summed E-state index contributed by atoms with van der Waals surface area (Å²) in [6.07, 6.45) is 3.02. The van der Waals surface area contributed by atoms with Gasteiger partial charge in [-0.3, -0.25) is 10.1 Å². The summed E-state index contributed by atoms with van der Waals surface area (Å²) in [6.45, 7) is 3.51. The molecule has 0 bridgehead atoms. The van der Waals surface area contributed by atoms with Crippen molar-refractivity contribution in [3.63, 3.8) is 0 Å². The molecule has 2 aliphatic heterocycles. The van der Waals surface area contributed by atoms with E-state index in [9.17, 15) is 9.59 Å². The van der Waals surface area contributed by atoms with E-state index >= 15 is 0 Å². The number of imide groups is 1. The van der Waals surface area contributed by atoms with Crippen molar-refractivity contribution in [1.82, 2.24) is 20.6 Å². The number of urea groups is 1. The van der Waals surface area contributed by atoms with E-state index in [1.165, 1.54) is 0 Å². The van der Waals surface area contributed by atoms with Gasteiger partial charge in [0.1, 0.15) is 5.54 Å². The molecule has 8 nitrogen and oxygen atoms in total. The Kier molecular flexibility index (Phi) is 3.36. The van der Waals surface area contributed by atoms with E-state index in [-0.39, 0.29) is 5.91 Å². The molecule has 3 heterocycles. The molecule has 21 heavy (non-hydrogen) atoms. The number of amides is 3. The highest BCUT2D eigenvalue weighted by molar-refractivity contribution is 6.07. The van der Waals surface area contributed by atoms with Crippen molar-refractivity contribution < 1.29 is 14.3 Å². The number of anilines is 1. The minimum Gasteiger partial charge on any atom is -0.478 e. The molecule has 0 aromatic carbocycles. The van der Waals surface area contributed by atoms with Crippen LogP contribution in [-0.2, 0) is 4.79 Å². The van der Waals surface area contributed by atoms with E-state index in [1.807, 2.05) is 11.8 Å². The molecule has 2 saturated heterocycles. The van der Waals surface area contributed by atoms with Crippen LogP contribution in [0.1, 0.15) is 19.8 Å². The Hall–Kier alpha value is -2.38. The lowest BCUT2D eigenvalue weighted by Crippen LogP contribution is -2.59. The minimum absolute atomic E-state index is 0.279. The Morgan fingerprint density at radius 1 is 1.48 bits per heavy atom. The molecule has 3 rings (SSSR count). The van der Waals surface area contributed by atoms with Gasteiger partial charge in [-0.2, -0.15) is 4.98 Å². The van der Waals surface area contributed by atoms with Gasteiger partial charge in [-0.25, -0.2) is 9.78 Å². The zero-order chi connectivity index (χ0) is 14.9. The van der Waals surface area contributed by atoms with E-state index in [0.29, 0.717) is 31.4 Å². The van der Waals surface area contributed by atoms with E-state index in [1.54, 1.807) is 12.3 Å². The molecule has 1 aromatic heterocycles. The average Bonchev–Trinajstić information content (AvgIpc) is 2.73. The van der Waals surface area contributed by atoms with Crippen LogP contribution in [0.4, 0.5) is 10.7 Å². The Balaban J connectivity index is 1.81. The second kappa shape index (κ2) is 5.19. The fourth-order valence-electron chi connectivity index (χ4n) is 2.75. The molecule has 2 aliphatic rings. The largest absolute Gasteiger partial charge is 0.478 e. The Labute approximate surface area is 121 Å². The number of nitrogens with one attached hydrogen (secondary N) is 2. The molecule has 1 aromatic rings.